The van der Waals surface area contributed by atoms with Gasteiger partial charge in [0.15, 0.2) is 0 Å². The molecule has 0 saturated carbocycles. The molecule has 6 nitrogen and oxygen atoms in total. The Morgan fingerprint density at radius 3 is 2.64 bits per heavy atom. The molecule has 1 fully saturated rings. The van der Waals surface area contributed by atoms with Crippen LogP contribution in [0.25, 0.3) is 0 Å². The molecule has 0 unspecified atom stereocenters. The van der Waals surface area contributed by atoms with Crippen molar-refractivity contribution in [2.24, 2.45) is 0 Å². The molecule has 2 rings (SSSR count). The van der Waals surface area contributed by atoms with Crippen LogP contribution in [0.5, 0.6) is 0 Å². The van der Waals surface area contributed by atoms with Gasteiger partial charge in [-0.15, -0.1) is 12.4 Å². The van der Waals surface area contributed by atoms with Crippen molar-refractivity contribution in [3.63, 3.8) is 0 Å². The molecule has 0 bridgehead atoms. The summed E-state index contributed by atoms with van der Waals surface area (Å²) < 4.78 is 26.1. The largest absolute Gasteiger partial charge is 0.325 e. The number of benzene rings is 1. The molecule has 22 heavy (non-hydrogen) atoms. The number of hydrogen-bond donors (Lipinski definition) is 3. The van der Waals surface area contributed by atoms with E-state index in [1.807, 2.05) is 0 Å². The second-order valence-electron chi connectivity index (χ2n) is 5.18. The second kappa shape index (κ2) is 7.92. The predicted molar refractivity (Wildman–Crippen MR) is 88.9 cm³/mol. The van der Waals surface area contributed by atoms with Crippen molar-refractivity contribution in [3.8, 4) is 0 Å². The first kappa shape index (κ1) is 18.9. The van der Waals surface area contributed by atoms with E-state index in [0.717, 1.165) is 25.8 Å². The van der Waals surface area contributed by atoms with Crippen molar-refractivity contribution in [3.05, 3.63) is 23.8 Å². The average Bonchev–Trinajstić information content (AvgIpc) is 2.50. The van der Waals surface area contributed by atoms with E-state index in [2.05, 4.69) is 15.4 Å². The number of sulfonamides is 1. The molecule has 1 heterocycles. The molecule has 1 aromatic rings. The number of anilines is 1. The molecule has 3 N–H and O–H groups in total. The third kappa shape index (κ3) is 4.42. The molecule has 124 valence electrons. The van der Waals surface area contributed by atoms with Gasteiger partial charge in [-0.2, -0.15) is 0 Å². The summed E-state index contributed by atoms with van der Waals surface area (Å²) in [6.45, 7) is 2.56. The van der Waals surface area contributed by atoms with Crippen molar-refractivity contribution in [1.82, 2.24) is 10.0 Å². The highest BCUT2D eigenvalue weighted by molar-refractivity contribution is 7.89. The number of carbonyl (C=O) groups is 1. The third-order valence-electron chi connectivity index (χ3n) is 3.64. The van der Waals surface area contributed by atoms with Gasteiger partial charge in [-0.3, -0.25) is 4.79 Å². The molecule has 1 aliphatic heterocycles. The molecular weight excluding hydrogens is 326 g/mol. The first-order valence-corrected chi connectivity index (χ1v) is 8.51. The van der Waals surface area contributed by atoms with Gasteiger partial charge in [-0.05, 0) is 51.1 Å². The smallest absolute Gasteiger partial charge is 0.241 e. The van der Waals surface area contributed by atoms with Crippen molar-refractivity contribution in [1.29, 1.82) is 0 Å². The van der Waals surface area contributed by atoms with Crippen LogP contribution in [0.15, 0.2) is 23.1 Å². The van der Waals surface area contributed by atoms with Crippen molar-refractivity contribution in [2.75, 3.05) is 18.9 Å². The summed E-state index contributed by atoms with van der Waals surface area (Å²) in [5.74, 6) is -0.119. The average molecular weight is 348 g/mol. The minimum Gasteiger partial charge on any atom is -0.325 e. The van der Waals surface area contributed by atoms with Crippen LogP contribution in [-0.2, 0) is 14.8 Å². The fourth-order valence-corrected chi connectivity index (χ4v) is 3.38. The number of piperidine rings is 1. The number of aryl methyl sites for hydroxylation is 1. The maximum Gasteiger partial charge on any atom is 0.241 e. The van der Waals surface area contributed by atoms with Gasteiger partial charge in [0.05, 0.1) is 10.9 Å². The van der Waals surface area contributed by atoms with Crippen LogP contribution in [0.4, 0.5) is 5.69 Å². The lowest BCUT2D eigenvalue weighted by Crippen LogP contribution is -2.43. The number of carbonyl (C=O) groups excluding carboxylic acids is 1. The van der Waals surface area contributed by atoms with Crippen LogP contribution in [0.3, 0.4) is 0 Å². The zero-order valence-electron chi connectivity index (χ0n) is 12.7. The van der Waals surface area contributed by atoms with Crippen LogP contribution < -0.4 is 15.4 Å². The van der Waals surface area contributed by atoms with E-state index in [4.69, 9.17) is 0 Å². The maximum absolute atomic E-state index is 12.1. The summed E-state index contributed by atoms with van der Waals surface area (Å²) in [7, 11) is -2.16. The Morgan fingerprint density at radius 2 is 2.05 bits per heavy atom. The molecule has 0 radical (unpaired) electrons. The van der Waals surface area contributed by atoms with E-state index in [0.29, 0.717) is 11.3 Å². The summed E-state index contributed by atoms with van der Waals surface area (Å²) in [5.41, 5.74) is 1.13. The number of amides is 1. The molecular formula is C14H22ClN3O3S. The molecule has 8 heteroatoms. The van der Waals surface area contributed by atoms with E-state index in [9.17, 15) is 13.2 Å². The number of hydrogen-bond acceptors (Lipinski definition) is 4. The van der Waals surface area contributed by atoms with Crippen LogP contribution in [0.2, 0.25) is 0 Å². The molecule has 1 amide bonds. The maximum atomic E-state index is 12.1. The topological polar surface area (TPSA) is 87.3 Å². The monoisotopic (exact) mass is 347 g/mol. The Hall–Kier alpha value is -1.15. The fraction of sp³-hybridized carbons (Fsp3) is 0.500. The van der Waals surface area contributed by atoms with Gasteiger partial charge in [0, 0.05) is 5.69 Å². The Balaban J connectivity index is 0.00000242. The lowest BCUT2D eigenvalue weighted by atomic mass is 10.0. The van der Waals surface area contributed by atoms with Gasteiger partial charge < -0.3 is 10.6 Å². The normalized spacial score (nSPS) is 18.4. The quantitative estimate of drug-likeness (QED) is 0.768. The third-order valence-corrected chi connectivity index (χ3v) is 5.20. The lowest BCUT2D eigenvalue weighted by Gasteiger charge is -2.22. The Morgan fingerprint density at radius 1 is 1.32 bits per heavy atom. The summed E-state index contributed by atoms with van der Waals surface area (Å²) in [4.78, 5) is 12.3. The SMILES string of the molecule is CNS(=O)(=O)c1cc(NC(=O)[C@@H]2CCCCN2)ccc1C.Cl. The van der Waals surface area contributed by atoms with Crippen LogP contribution in [0, 0.1) is 6.92 Å². The van der Waals surface area contributed by atoms with E-state index in [-0.39, 0.29) is 29.3 Å². The molecule has 1 aromatic carbocycles. The lowest BCUT2D eigenvalue weighted by molar-refractivity contribution is -0.118. The number of nitrogens with one attached hydrogen (secondary N) is 3. The summed E-state index contributed by atoms with van der Waals surface area (Å²) in [6.07, 6.45) is 2.91. The minimum absolute atomic E-state index is 0. The van der Waals surface area contributed by atoms with Crippen LogP contribution >= 0.6 is 12.4 Å². The van der Waals surface area contributed by atoms with Gasteiger partial charge in [-0.25, -0.2) is 13.1 Å². The molecule has 1 aliphatic rings. The first-order chi connectivity index (χ1) is 9.94. The van der Waals surface area contributed by atoms with Gasteiger partial charge in [0.2, 0.25) is 15.9 Å². The predicted octanol–water partition coefficient (Wildman–Crippen LogP) is 1.41. The van der Waals surface area contributed by atoms with Crippen LogP contribution in [-0.4, -0.2) is 34.0 Å². The highest BCUT2D eigenvalue weighted by Gasteiger charge is 2.21. The molecule has 0 aromatic heterocycles. The van der Waals surface area contributed by atoms with E-state index >= 15 is 0 Å². The molecule has 0 spiro atoms. The van der Waals surface area contributed by atoms with Gasteiger partial charge in [0.25, 0.3) is 0 Å². The first-order valence-electron chi connectivity index (χ1n) is 7.02. The minimum atomic E-state index is -3.53. The highest BCUT2D eigenvalue weighted by atomic mass is 35.5. The summed E-state index contributed by atoms with van der Waals surface area (Å²) >= 11 is 0. The molecule has 1 atom stereocenters. The van der Waals surface area contributed by atoms with E-state index in [1.165, 1.54) is 13.1 Å². The Bertz CT molecular complexity index is 628. The van der Waals surface area contributed by atoms with Crippen LogP contribution in [0.1, 0.15) is 24.8 Å². The summed E-state index contributed by atoms with van der Waals surface area (Å²) in [5, 5.41) is 5.95. The van der Waals surface area contributed by atoms with E-state index < -0.39 is 10.0 Å². The molecule has 0 aliphatic carbocycles. The standard InChI is InChI=1S/C14H21N3O3S.ClH/c1-10-6-7-11(9-13(10)21(19,20)15-2)17-14(18)12-5-3-4-8-16-12;/h6-7,9,12,15-16H,3-5,8H2,1-2H3,(H,17,18);1H/t12-;/m0./s1. The fourth-order valence-electron chi connectivity index (χ4n) is 2.38. The molecule has 1 saturated heterocycles. The second-order valence-corrected chi connectivity index (χ2v) is 7.03. The zero-order chi connectivity index (χ0) is 15.5. The highest BCUT2D eigenvalue weighted by Crippen LogP contribution is 2.20. The van der Waals surface area contributed by atoms with E-state index in [1.54, 1.807) is 19.1 Å². The van der Waals surface area contributed by atoms with Crippen molar-refractivity contribution < 1.29 is 13.2 Å². The Labute approximate surface area is 137 Å². The van der Waals surface area contributed by atoms with Crippen molar-refractivity contribution >= 4 is 34.0 Å². The number of halogens is 1. The van der Waals surface area contributed by atoms with Gasteiger partial charge in [0.1, 0.15) is 0 Å². The zero-order valence-corrected chi connectivity index (χ0v) is 14.3. The van der Waals surface area contributed by atoms with Gasteiger partial charge in [-0.1, -0.05) is 12.5 Å². The summed E-state index contributed by atoms with van der Waals surface area (Å²) in [6, 6.07) is 4.69. The van der Waals surface area contributed by atoms with Gasteiger partial charge >= 0.3 is 0 Å². The number of rotatable bonds is 4. The van der Waals surface area contributed by atoms with Crippen molar-refractivity contribution in [2.45, 2.75) is 37.1 Å². The Kier molecular flexibility index (Phi) is 6.80.